The van der Waals surface area contributed by atoms with Crippen LogP contribution in [0.5, 0.6) is 0 Å². The number of anilines is 2. The molecule has 20 nitrogen and oxygen atoms in total. The van der Waals surface area contributed by atoms with Crippen LogP contribution in [0.1, 0.15) is 12.5 Å². The van der Waals surface area contributed by atoms with Gasteiger partial charge >= 0.3 is 13.6 Å². The summed E-state index contributed by atoms with van der Waals surface area (Å²) < 4.78 is 63.9. The second-order valence-corrected chi connectivity index (χ2v) is 16.0. The van der Waals surface area contributed by atoms with Gasteiger partial charge in [0, 0.05) is 6.20 Å². The van der Waals surface area contributed by atoms with Crippen molar-refractivity contribution in [1.82, 2.24) is 34.1 Å². The molecule has 3 saturated heterocycles. The summed E-state index contributed by atoms with van der Waals surface area (Å²) >= 11 is 8.15. The first-order chi connectivity index (χ1) is 21.3. The van der Waals surface area contributed by atoms with Crippen LogP contribution in [0, 0.1) is 0 Å². The highest BCUT2D eigenvalue weighted by molar-refractivity contribution is 8.44. The van der Waals surface area contributed by atoms with Crippen molar-refractivity contribution in [2.24, 2.45) is 0 Å². The molecule has 7 heterocycles. The molecule has 45 heavy (non-hydrogen) atoms. The number of nitrogens with one attached hydrogen (secondary N) is 1. The summed E-state index contributed by atoms with van der Waals surface area (Å²) in [5, 5.41) is 22.6. The lowest BCUT2D eigenvalue weighted by Gasteiger charge is -2.26. The van der Waals surface area contributed by atoms with Crippen molar-refractivity contribution >= 4 is 72.1 Å². The van der Waals surface area contributed by atoms with Crippen molar-refractivity contribution in [3.63, 3.8) is 0 Å². The summed E-state index contributed by atoms with van der Waals surface area (Å²) in [5.41, 5.74) is 11.6. The van der Waals surface area contributed by atoms with Gasteiger partial charge in [-0.15, -0.1) is 0 Å². The normalized spacial score (nSPS) is 37.7. The molecular weight excluding hydrogens is 680 g/mol. The summed E-state index contributed by atoms with van der Waals surface area (Å²) in [6, 6.07) is 1.44. The van der Waals surface area contributed by atoms with Crippen LogP contribution in [-0.2, 0) is 36.7 Å². The SMILES string of the molecule is Nc1nc2c(ccn2C2OC3COP(=O)(S)OC4C(COP(=O)(S)OC2C3O)OC(n2cnc3c(N)ncnc32)C4O)c(=O)[nH]1. The van der Waals surface area contributed by atoms with E-state index in [0.717, 1.165) is 0 Å². The molecule has 3 fully saturated rings. The van der Waals surface area contributed by atoms with Crippen LogP contribution in [0.15, 0.2) is 29.7 Å². The third-order valence-corrected chi connectivity index (χ3v) is 10.7. The fourth-order valence-corrected chi connectivity index (χ4v) is 8.38. The highest BCUT2D eigenvalue weighted by atomic mass is 32.7. The molecule has 0 amide bonds. The van der Waals surface area contributed by atoms with E-state index < -0.39 is 81.4 Å². The zero-order chi connectivity index (χ0) is 31.8. The van der Waals surface area contributed by atoms with Gasteiger partial charge in [-0.3, -0.25) is 32.4 Å². The molecule has 0 saturated carbocycles. The smallest absolute Gasteiger partial charge is 0.386 e. The predicted octanol–water partition coefficient (Wildman–Crippen LogP) is 0.138. The molecule has 7 rings (SSSR count). The van der Waals surface area contributed by atoms with Crippen LogP contribution in [0.4, 0.5) is 11.8 Å². The van der Waals surface area contributed by atoms with Crippen LogP contribution < -0.4 is 17.0 Å². The van der Waals surface area contributed by atoms with Gasteiger partial charge in [0.15, 0.2) is 29.6 Å². The van der Waals surface area contributed by atoms with E-state index in [9.17, 15) is 24.1 Å². The molecule has 0 spiro atoms. The average molecular weight is 706 g/mol. The van der Waals surface area contributed by atoms with Crippen molar-refractivity contribution in [2.75, 3.05) is 24.7 Å². The lowest BCUT2D eigenvalue weighted by molar-refractivity contribution is -0.0574. The Kier molecular flexibility index (Phi) is 7.78. The first-order valence-electron chi connectivity index (χ1n) is 13.1. The van der Waals surface area contributed by atoms with Gasteiger partial charge in [0.05, 0.1) is 24.9 Å². The summed E-state index contributed by atoms with van der Waals surface area (Å²) in [6.07, 6.45) is -6.99. The van der Waals surface area contributed by atoms with Crippen molar-refractivity contribution in [2.45, 2.75) is 49.1 Å². The largest absolute Gasteiger partial charge is 0.387 e. The Morgan fingerprint density at radius 3 is 2.36 bits per heavy atom. The number of thiol groups is 2. The number of nitrogens with zero attached hydrogens (tertiary/aromatic N) is 6. The van der Waals surface area contributed by atoms with Crippen molar-refractivity contribution in [3.05, 3.63) is 35.3 Å². The van der Waals surface area contributed by atoms with Crippen molar-refractivity contribution in [3.8, 4) is 0 Å². The molecule has 0 radical (unpaired) electrons. The third-order valence-electron chi connectivity index (χ3n) is 7.47. The Hall–Kier alpha value is -2.59. The number of rotatable bonds is 2. The second kappa shape index (κ2) is 11.3. The lowest BCUT2D eigenvalue weighted by Crippen LogP contribution is -2.35. The Morgan fingerprint density at radius 1 is 0.911 bits per heavy atom. The van der Waals surface area contributed by atoms with Crippen LogP contribution in [0.25, 0.3) is 22.2 Å². The van der Waals surface area contributed by atoms with E-state index in [1.54, 1.807) is 0 Å². The molecule has 242 valence electrons. The molecule has 10 atom stereocenters. The van der Waals surface area contributed by atoms with Gasteiger partial charge in [-0.1, -0.05) is 24.5 Å². The highest BCUT2D eigenvalue weighted by Crippen LogP contribution is 2.60. The zero-order valence-electron chi connectivity index (χ0n) is 22.5. The number of aliphatic hydroxyl groups excluding tert-OH is 2. The van der Waals surface area contributed by atoms with Gasteiger partial charge in [0.2, 0.25) is 5.95 Å². The quantitative estimate of drug-likeness (QED) is 0.108. The number of H-pyrrole nitrogens is 1. The summed E-state index contributed by atoms with van der Waals surface area (Å²) in [4.78, 5) is 31.1. The van der Waals surface area contributed by atoms with Gasteiger partial charge in [-0.05, 0) is 6.07 Å². The molecular formula is C21H25N9O11P2S2. The van der Waals surface area contributed by atoms with Gasteiger partial charge in [-0.25, -0.2) is 24.1 Å². The summed E-state index contributed by atoms with van der Waals surface area (Å²) in [5.74, 6) is -0.0980. The molecule has 10 unspecified atom stereocenters. The number of hydrogen-bond donors (Lipinski definition) is 7. The maximum absolute atomic E-state index is 13.5. The Balaban J connectivity index is 1.21. The fourth-order valence-electron chi connectivity index (χ4n) is 5.43. The average Bonchev–Trinajstić information content (AvgIpc) is 3.72. The van der Waals surface area contributed by atoms with Crippen LogP contribution in [0.3, 0.4) is 0 Å². The molecule has 7 N–H and O–H groups in total. The number of nitrogen functional groups attached to an aromatic ring is 2. The number of aromatic amines is 1. The molecule has 4 aromatic heterocycles. The maximum atomic E-state index is 13.5. The number of fused-ring (bicyclic) bond motifs is 5. The Bertz CT molecular complexity index is 1940. The van der Waals surface area contributed by atoms with Crippen molar-refractivity contribution < 1.29 is 46.9 Å². The highest BCUT2D eigenvalue weighted by Gasteiger charge is 2.53. The minimum absolute atomic E-state index is 0.0733. The monoisotopic (exact) mass is 705 g/mol. The van der Waals surface area contributed by atoms with E-state index in [1.165, 1.54) is 34.1 Å². The molecule has 2 bridgehead atoms. The molecule has 4 aromatic rings. The van der Waals surface area contributed by atoms with Gasteiger partial charge < -0.3 is 35.7 Å². The van der Waals surface area contributed by atoms with Crippen molar-refractivity contribution in [1.29, 1.82) is 0 Å². The summed E-state index contributed by atoms with van der Waals surface area (Å²) in [6.45, 7) is -9.81. The van der Waals surface area contributed by atoms with E-state index >= 15 is 0 Å². The van der Waals surface area contributed by atoms with Gasteiger partial charge in [0.25, 0.3) is 5.56 Å². The molecule has 0 aliphatic carbocycles. The second-order valence-electron chi connectivity index (χ2n) is 10.3. The zero-order valence-corrected chi connectivity index (χ0v) is 26.1. The maximum Gasteiger partial charge on any atom is 0.386 e. The number of nitrogens with two attached hydrogens (primary N) is 2. The Morgan fingerprint density at radius 2 is 1.60 bits per heavy atom. The first kappa shape index (κ1) is 31.0. The number of imidazole rings is 1. The van der Waals surface area contributed by atoms with E-state index in [2.05, 4.69) is 49.4 Å². The van der Waals surface area contributed by atoms with Gasteiger partial charge in [0.1, 0.15) is 48.5 Å². The standard InChI is InChI=1S/C21H25N9O11P2S2/c22-15-10-17(25-5-24-15)30(6-26-10)19-12(32)13-9(39-19)4-37-43(35,45)41-14-11(31)8(3-36-42(34,44)40-13)38-20(14)29-2-1-7-16(29)27-21(23)28-18(7)33/h1-2,5-6,8-9,11-14,19-20,31-32H,3-4H2,(H,34,44)(H,35,45)(H2,22,24,25)(H3,23,27,28,33). The van der Waals surface area contributed by atoms with E-state index in [4.69, 9.17) is 39.0 Å². The van der Waals surface area contributed by atoms with Crippen LogP contribution >= 0.6 is 38.1 Å². The minimum Gasteiger partial charge on any atom is -0.387 e. The fraction of sp³-hybridized carbons (Fsp3) is 0.476. The van der Waals surface area contributed by atoms with E-state index in [0.29, 0.717) is 0 Å². The van der Waals surface area contributed by atoms with E-state index in [1.807, 2.05) is 0 Å². The first-order valence-corrected chi connectivity index (χ1v) is 18.5. The van der Waals surface area contributed by atoms with E-state index in [-0.39, 0.29) is 34.0 Å². The topological polar surface area (TPSA) is 276 Å². The Labute approximate surface area is 261 Å². The molecule has 24 heteroatoms. The molecule has 3 aliphatic rings. The number of ether oxygens (including phenoxy) is 2. The third kappa shape index (κ3) is 5.57. The van der Waals surface area contributed by atoms with Gasteiger partial charge in [-0.2, -0.15) is 4.98 Å². The number of aliphatic hydroxyl groups is 2. The molecule has 3 aliphatic heterocycles. The minimum atomic E-state index is -4.36. The van der Waals surface area contributed by atoms with Crippen LogP contribution in [-0.4, -0.2) is 94.1 Å². The number of hydrogen-bond acceptors (Lipinski definition) is 17. The predicted molar refractivity (Wildman–Crippen MR) is 159 cm³/mol. The molecule has 0 aromatic carbocycles. The summed E-state index contributed by atoms with van der Waals surface area (Å²) in [7, 11) is 0. The lowest BCUT2D eigenvalue weighted by atomic mass is 10.1. The number of aromatic nitrogens is 7. The van der Waals surface area contributed by atoms with Crippen LogP contribution in [0.2, 0.25) is 0 Å².